The maximum Gasteiger partial charge on any atom is 0.387 e. The first-order valence-corrected chi connectivity index (χ1v) is 9.10. The number of carbonyl (C=O) groups excluding carboxylic acids is 1. The summed E-state index contributed by atoms with van der Waals surface area (Å²) in [4.78, 5) is 12.5. The van der Waals surface area contributed by atoms with Gasteiger partial charge in [-0.05, 0) is 45.3 Å². The zero-order valence-electron chi connectivity index (χ0n) is 17.3. The Bertz CT molecular complexity index is 745. The molecule has 1 amide bonds. The van der Waals surface area contributed by atoms with Crippen molar-refractivity contribution in [2.75, 3.05) is 14.2 Å². The predicted octanol–water partition coefficient (Wildman–Crippen LogP) is 2.60. The Labute approximate surface area is 169 Å². The van der Waals surface area contributed by atoms with Gasteiger partial charge in [-0.25, -0.2) is 4.39 Å². The Balaban J connectivity index is 2.31. The molecule has 0 saturated heterocycles. The van der Waals surface area contributed by atoms with Crippen LogP contribution in [0.5, 0.6) is 11.5 Å². The molecule has 161 valence electrons. The number of ether oxygens (including phenoxy) is 3. The molecular formula is C19H26BF3NO5. The van der Waals surface area contributed by atoms with E-state index in [-0.39, 0.29) is 17.7 Å². The highest BCUT2D eigenvalue weighted by atomic mass is 19.3. The Morgan fingerprint density at radius 1 is 1.17 bits per heavy atom. The summed E-state index contributed by atoms with van der Waals surface area (Å²) in [6.07, 6.45) is -0.958. The molecule has 0 bridgehead atoms. The van der Waals surface area contributed by atoms with Gasteiger partial charge < -0.3 is 24.2 Å². The third-order valence-corrected chi connectivity index (χ3v) is 5.23. The molecule has 1 N–H and O–H groups in total. The molecule has 0 heterocycles. The molecular weight excluding hydrogens is 390 g/mol. The molecule has 0 spiro atoms. The minimum Gasteiger partial charge on any atom is -0.496 e. The van der Waals surface area contributed by atoms with Crippen molar-refractivity contribution in [3.8, 4) is 11.5 Å². The molecule has 2 rings (SSSR count). The van der Waals surface area contributed by atoms with Crippen LogP contribution in [-0.2, 0) is 9.39 Å². The molecule has 0 unspecified atom stereocenters. The quantitative estimate of drug-likeness (QED) is 0.595. The smallest absolute Gasteiger partial charge is 0.387 e. The van der Waals surface area contributed by atoms with Gasteiger partial charge in [-0.2, -0.15) is 8.78 Å². The minimum atomic E-state index is -3.17. The third-order valence-electron chi connectivity index (χ3n) is 5.23. The number of rotatable bonds is 10. The van der Waals surface area contributed by atoms with Crippen molar-refractivity contribution in [3.63, 3.8) is 0 Å². The first kappa shape index (κ1) is 23.3. The average Bonchev–Trinajstić information content (AvgIpc) is 3.32. The molecule has 1 aliphatic carbocycles. The summed E-state index contributed by atoms with van der Waals surface area (Å²) < 4.78 is 60.0. The van der Waals surface area contributed by atoms with Gasteiger partial charge >= 0.3 is 14.1 Å². The fraction of sp³-hybridized carbons (Fsp3) is 0.632. The van der Waals surface area contributed by atoms with Gasteiger partial charge in [0.2, 0.25) is 0 Å². The van der Waals surface area contributed by atoms with E-state index in [9.17, 15) is 18.0 Å². The van der Waals surface area contributed by atoms with Gasteiger partial charge in [-0.1, -0.05) is 0 Å². The van der Waals surface area contributed by atoms with Crippen LogP contribution < -0.4 is 20.3 Å². The summed E-state index contributed by atoms with van der Waals surface area (Å²) in [5.41, 5.74) is -1.32. The van der Waals surface area contributed by atoms with Gasteiger partial charge in [0.15, 0.2) is 0 Å². The lowest BCUT2D eigenvalue weighted by Crippen LogP contribution is -2.50. The first-order valence-electron chi connectivity index (χ1n) is 9.10. The molecule has 0 aliphatic heterocycles. The van der Waals surface area contributed by atoms with Crippen LogP contribution >= 0.6 is 0 Å². The molecule has 0 aromatic heterocycles. The van der Waals surface area contributed by atoms with Crippen molar-refractivity contribution in [1.29, 1.82) is 0 Å². The number of alkyl halides is 3. The van der Waals surface area contributed by atoms with Gasteiger partial charge in [-0.3, -0.25) is 4.79 Å². The number of benzene rings is 1. The molecule has 1 aromatic rings. The molecule has 10 heteroatoms. The Hall–Kier alpha value is -1.94. The molecule has 1 aliphatic rings. The number of halogens is 3. The number of nitrogens with one attached hydrogen (secondary N) is 1. The number of hydrogen-bond acceptors (Lipinski definition) is 5. The number of hydrogen-bond donors (Lipinski definition) is 1. The van der Waals surface area contributed by atoms with E-state index in [1.807, 2.05) is 27.7 Å². The topological polar surface area (TPSA) is 66.0 Å². The maximum atomic E-state index is 13.1. The lowest BCUT2D eigenvalue weighted by Gasteiger charge is -2.40. The zero-order chi connectivity index (χ0) is 22.0. The van der Waals surface area contributed by atoms with Crippen LogP contribution in [0.25, 0.3) is 0 Å². The van der Waals surface area contributed by atoms with E-state index in [1.54, 1.807) is 7.11 Å². The fourth-order valence-electron chi connectivity index (χ4n) is 2.41. The molecule has 29 heavy (non-hydrogen) atoms. The lowest BCUT2D eigenvalue weighted by atomic mass is 9.82. The maximum absolute atomic E-state index is 13.1. The fourth-order valence-corrected chi connectivity index (χ4v) is 2.41. The van der Waals surface area contributed by atoms with Crippen LogP contribution in [0.3, 0.4) is 0 Å². The largest absolute Gasteiger partial charge is 0.496 e. The Kier molecular flexibility index (Phi) is 7.11. The van der Waals surface area contributed by atoms with Crippen molar-refractivity contribution in [2.24, 2.45) is 0 Å². The SMILES string of the molecule is COc1cc([B]OC(C)(C)C(C)(C)OC)cc(OC(F)F)c1C(=O)N[C@@H]1C[C@@H]1F. The summed E-state index contributed by atoms with van der Waals surface area (Å²) in [5, 5.41) is 2.43. The molecule has 1 saturated carbocycles. The van der Waals surface area contributed by atoms with Crippen LogP contribution in [0.1, 0.15) is 44.5 Å². The minimum absolute atomic E-state index is 0.00429. The number of amides is 1. The molecule has 2 atom stereocenters. The third kappa shape index (κ3) is 5.57. The van der Waals surface area contributed by atoms with E-state index < -0.39 is 41.7 Å². The Morgan fingerprint density at radius 2 is 1.76 bits per heavy atom. The van der Waals surface area contributed by atoms with Crippen LogP contribution in [0.4, 0.5) is 13.2 Å². The molecule has 6 nitrogen and oxygen atoms in total. The van der Waals surface area contributed by atoms with Crippen molar-refractivity contribution in [3.05, 3.63) is 17.7 Å². The second-order valence-corrected chi connectivity index (χ2v) is 7.77. The van der Waals surface area contributed by atoms with E-state index in [1.165, 1.54) is 26.7 Å². The first-order chi connectivity index (χ1) is 13.4. The van der Waals surface area contributed by atoms with Crippen LogP contribution in [-0.4, -0.2) is 57.6 Å². The van der Waals surface area contributed by atoms with Crippen LogP contribution in [0, 0.1) is 0 Å². The Morgan fingerprint density at radius 3 is 2.24 bits per heavy atom. The van der Waals surface area contributed by atoms with E-state index in [4.69, 9.17) is 14.1 Å². The summed E-state index contributed by atoms with van der Waals surface area (Å²) in [6.45, 7) is 4.14. The average molecular weight is 416 g/mol. The number of methoxy groups -OCH3 is 2. The summed E-state index contributed by atoms with van der Waals surface area (Å²) in [6, 6.07) is 2.04. The van der Waals surface area contributed by atoms with E-state index in [0.29, 0.717) is 5.46 Å². The van der Waals surface area contributed by atoms with E-state index in [2.05, 4.69) is 10.1 Å². The molecule has 1 radical (unpaired) electrons. The summed E-state index contributed by atoms with van der Waals surface area (Å²) in [5.74, 6) is -1.15. The van der Waals surface area contributed by atoms with Gasteiger partial charge in [-0.15, -0.1) is 0 Å². The predicted molar refractivity (Wildman–Crippen MR) is 102 cm³/mol. The van der Waals surface area contributed by atoms with Crippen LogP contribution in [0.2, 0.25) is 0 Å². The van der Waals surface area contributed by atoms with Crippen LogP contribution in [0.15, 0.2) is 12.1 Å². The lowest BCUT2D eigenvalue weighted by molar-refractivity contribution is -0.114. The summed E-state index contributed by atoms with van der Waals surface area (Å²) in [7, 11) is 4.19. The van der Waals surface area contributed by atoms with Gasteiger partial charge in [0, 0.05) is 13.5 Å². The summed E-state index contributed by atoms with van der Waals surface area (Å²) >= 11 is 0. The van der Waals surface area contributed by atoms with E-state index in [0.717, 1.165) is 0 Å². The molecule has 1 aromatic carbocycles. The van der Waals surface area contributed by atoms with Crippen molar-refractivity contribution in [2.45, 2.75) is 64.1 Å². The zero-order valence-corrected chi connectivity index (χ0v) is 17.3. The highest BCUT2D eigenvalue weighted by molar-refractivity contribution is 6.47. The highest BCUT2D eigenvalue weighted by Crippen LogP contribution is 2.32. The second kappa shape index (κ2) is 8.83. The highest BCUT2D eigenvalue weighted by Gasteiger charge is 2.40. The van der Waals surface area contributed by atoms with Crippen molar-refractivity contribution < 1.29 is 36.8 Å². The monoisotopic (exact) mass is 416 g/mol. The molecule has 1 fully saturated rings. The van der Waals surface area contributed by atoms with Gasteiger partial charge in [0.05, 0.1) is 24.4 Å². The standard InChI is InChI=1S/C19H26BF3NO5/c1-18(2,27-6)19(3,4)29-20-10-7-13(26-5)15(14(8-10)28-17(22)23)16(25)24-12-9-11(12)21/h7-8,11-12,17H,9H2,1-6H3,(H,24,25)/t11-,12+/m0/s1. The van der Waals surface area contributed by atoms with Crippen molar-refractivity contribution >= 4 is 18.9 Å². The normalized spacial score (nSPS) is 19.1. The van der Waals surface area contributed by atoms with Crippen molar-refractivity contribution in [1.82, 2.24) is 5.32 Å². The number of carbonyl (C=O) groups is 1. The van der Waals surface area contributed by atoms with Gasteiger partial charge in [0.25, 0.3) is 5.91 Å². The second-order valence-electron chi connectivity index (χ2n) is 7.77. The van der Waals surface area contributed by atoms with E-state index >= 15 is 0 Å². The van der Waals surface area contributed by atoms with Gasteiger partial charge in [0.1, 0.15) is 23.2 Å².